The highest BCUT2D eigenvalue weighted by Crippen LogP contribution is 2.28. The fourth-order valence-corrected chi connectivity index (χ4v) is 3.19. The Morgan fingerprint density at radius 1 is 0.875 bits per heavy atom. The molecule has 1 atom stereocenters. The topological polar surface area (TPSA) is 61.8 Å². The molecule has 0 spiro atoms. The van der Waals surface area contributed by atoms with Gasteiger partial charge in [0.1, 0.15) is 11.5 Å². The van der Waals surface area contributed by atoms with E-state index in [1.165, 1.54) is 0 Å². The zero-order chi connectivity index (χ0) is 22.8. The fraction of sp³-hybridized carbons (Fsp3) is 0.259. The van der Waals surface area contributed by atoms with Gasteiger partial charge in [0.05, 0.1) is 12.2 Å². The van der Waals surface area contributed by atoms with Crippen LogP contribution in [-0.2, 0) is 16.0 Å². The van der Waals surface area contributed by atoms with Gasteiger partial charge in [0.2, 0.25) is 0 Å². The summed E-state index contributed by atoms with van der Waals surface area (Å²) in [4.78, 5) is 24.4. The Morgan fingerprint density at radius 3 is 2.28 bits per heavy atom. The Hall–Kier alpha value is -3.60. The quantitative estimate of drug-likeness (QED) is 0.309. The molecule has 5 heteroatoms. The molecule has 166 valence electrons. The van der Waals surface area contributed by atoms with E-state index in [2.05, 4.69) is 13.8 Å². The lowest BCUT2D eigenvalue weighted by atomic mass is 9.98. The molecule has 0 saturated heterocycles. The normalized spacial score (nSPS) is 11.4. The second-order valence-electron chi connectivity index (χ2n) is 7.51. The van der Waals surface area contributed by atoms with Crippen LogP contribution < -0.4 is 9.47 Å². The fourth-order valence-electron chi connectivity index (χ4n) is 3.19. The molecule has 0 radical (unpaired) electrons. The average molecular weight is 433 g/mol. The number of hydrogen-bond donors (Lipinski definition) is 0. The van der Waals surface area contributed by atoms with Crippen LogP contribution in [0, 0.1) is 0 Å². The van der Waals surface area contributed by atoms with E-state index in [0.29, 0.717) is 36.0 Å². The molecule has 0 bridgehead atoms. The van der Waals surface area contributed by atoms with Gasteiger partial charge in [-0.1, -0.05) is 62.4 Å². The maximum Gasteiger partial charge on any atom is 0.349 e. The van der Waals surface area contributed by atoms with Crippen molar-refractivity contribution < 1.29 is 23.8 Å². The van der Waals surface area contributed by atoms with Gasteiger partial charge in [0.15, 0.2) is 6.61 Å². The van der Waals surface area contributed by atoms with Crippen molar-refractivity contribution in [1.82, 2.24) is 0 Å². The third-order valence-corrected chi connectivity index (χ3v) is 5.20. The van der Waals surface area contributed by atoms with Crippen molar-refractivity contribution in [2.75, 3.05) is 13.2 Å². The summed E-state index contributed by atoms with van der Waals surface area (Å²) in [5, 5.41) is 0. The van der Waals surface area contributed by atoms with E-state index >= 15 is 0 Å². The number of para-hydroxylation sites is 1. The largest absolute Gasteiger partial charge is 0.482 e. The van der Waals surface area contributed by atoms with Crippen LogP contribution in [-0.4, -0.2) is 25.2 Å². The van der Waals surface area contributed by atoms with Crippen LogP contribution in [0.2, 0.25) is 0 Å². The molecule has 0 saturated carbocycles. The van der Waals surface area contributed by atoms with Gasteiger partial charge in [-0.15, -0.1) is 0 Å². The highest BCUT2D eigenvalue weighted by atomic mass is 16.6. The van der Waals surface area contributed by atoms with E-state index in [4.69, 9.17) is 14.2 Å². The second kappa shape index (κ2) is 11.7. The molecule has 0 N–H and O–H groups in total. The van der Waals surface area contributed by atoms with E-state index in [1.54, 1.807) is 24.3 Å². The summed E-state index contributed by atoms with van der Waals surface area (Å²) in [6.07, 6.45) is 1.63. The van der Waals surface area contributed by atoms with Crippen molar-refractivity contribution in [3.63, 3.8) is 0 Å². The van der Waals surface area contributed by atoms with Crippen molar-refractivity contribution in [1.29, 1.82) is 0 Å². The molecule has 0 aliphatic heterocycles. The first-order chi connectivity index (χ1) is 15.6. The molecule has 3 aromatic carbocycles. The number of hydrogen-bond acceptors (Lipinski definition) is 5. The summed E-state index contributed by atoms with van der Waals surface area (Å²) in [7, 11) is 0. The van der Waals surface area contributed by atoms with E-state index in [9.17, 15) is 9.59 Å². The molecule has 3 rings (SSSR count). The van der Waals surface area contributed by atoms with Crippen LogP contribution in [0.4, 0.5) is 0 Å². The molecule has 0 aliphatic rings. The standard InChI is InChI=1S/C27H28O5/c1-3-20(2)24-11-7-8-12-25(24)31-19-26(28)32-23-15-13-22(14-16-23)27(29)30-18-17-21-9-5-4-6-10-21/h4-16,20H,3,17-19H2,1-2H3. The van der Waals surface area contributed by atoms with Crippen LogP contribution in [0.1, 0.15) is 47.7 Å². The Kier molecular flexibility index (Phi) is 8.44. The first-order valence-corrected chi connectivity index (χ1v) is 10.8. The van der Waals surface area contributed by atoms with E-state index in [1.807, 2.05) is 54.6 Å². The monoisotopic (exact) mass is 432 g/mol. The predicted octanol–water partition coefficient (Wildman–Crippen LogP) is 5.58. The van der Waals surface area contributed by atoms with Gasteiger partial charge < -0.3 is 14.2 Å². The number of carbonyl (C=O) groups is 2. The minimum Gasteiger partial charge on any atom is -0.482 e. The van der Waals surface area contributed by atoms with Crippen molar-refractivity contribution in [2.45, 2.75) is 32.6 Å². The van der Waals surface area contributed by atoms with Gasteiger partial charge in [0, 0.05) is 6.42 Å². The summed E-state index contributed by atoms with van der Waals surface area (Å²) in [5.41, 5.74) is 2.58. The summed E-state index contributed by atoms with van der Waals surface area (Å²) in [5.74, 6) is 0.440. The summed E-state index contributed by atoms with van der Waals surface area (Å²) >= 11 is 0. The maximum atomic E-state index is 12.2. The molecule has 0 aromatic heterocycles. The minimum atomic E-state index is -0.512. The Balaban J connectivity index is 1.47. The lowest BCUT2D eigenvalue weighted by molar-refractivity contribution is -0.136. The lowest BCUT2D eigenvalue weighted by Gasteiger charge is -2.15. The van der Waals surface area contributed by atoms with Gasteiger partial charge in [-0.3, -0.25) is 0 Å². The van der Waals surface area contributed by atoms with Gasteiger partial charge in [0.25, 0.3) is 0 Å². The van der Waals surface area contributed by atoms with E-state index < -0.39 is 11.9 Å². The molecule has 0 amide bonds. The Morgan fingerprint density at radius 2 is 1.56 bits per heavy atom. The van der Waals surface area contributed by atoms with Gasteiger partial charge >= 0.3 is 11.9 Å². The zero-order valence-corrected chi connectivity index (χ0v) is 18.5. The van der Waals surface area contributed by atoms with Crippen molar-refractivity contribution >= 4 is 11.9 Å². The number of rotatable bonds is 10. The molecule has 0 aliphatic carbocycles. The summed E-state index contributed by atoms with van der Waals surface area (Å²) in [6, 6.07) is 23.8. The molecule has 3 aromatic rings. The van der Waals surface area contributed by atoms with E-state index in [-0.39, 0.29) is 6.61 Å². The number of esters is 2. The molecule has 32 heavy (non-hydrogen) atoms. The smallest absolute Gasteiger partial charge is 0.349 e. The van der Waals surface area contributed by atoms with Crippen LogP contribution >= 0.6 is 0 Å². The van der Waals surface area contributed by atoms with Crippen molar-refractivity contribution in [3.05, 3.63) is 95.6 Å². The molecular formula is C27H28O5. The summed E-state index contributed by atoms with van der Waals surface area (Å²) in [6.45, 7) is 4.33. The SMILES string of the molecule is CCC(C)c1ccccc1OCC(=O)Oc1ccc(C(=O)OCCc2ccccc2)cc1. The van der Waals surface area contributed by atoms with E-state index in [0.717, 1.165) is 17.5 Å². The van der Waals surface area contributed by atoms with Crippen molar-refractivity contribution in [3.8, 4) is 11.5 Å². The van der Waals surface area contributed by atoms with Crippen LogP contribution in [0.3, 0.4) is 0 Å². The zero-order valence-electron chi connectivity index (χ0n) is 18.5. The number of ether oxygens (including phenoxy) is 3. The Labute approximate surface area is 188 Å². The lowest BCUT2D eigenvalue weighted by Crippen LogP contribution is -2.18. The first-order valence-electron chi connectivity index (χ1n) is 10.8. The van der Waals surface area contributed by atoms with Gasteiger partial charge in [-0.05, 0) is 53.8 Å². The van der Waals surface area contributed by atoms with Crippen LogP contribution in [0.15, 0.2) is 78.9 Å². The highest BCUT2D eigenvalue weighted by Gasteiger charge is 2.13. The average Bonchev–Trinajstić information content (AvgIpc) is 2.83. The first kappa shape index (κ1) is 23.1. The third-order valence-electron chi connectivity index (χ3n) is 5.20. The number of benzene rings is 3. The molecule has 1 unspecified atom stereocenters. The summed E-state index contributed by atoms with van der Waals surface area (Å²) < 4.78 is 16.3. The molecular weight excluding hydrogens is 404 g/mol. The van der Waals surface area contributed by atoms with Gasteiger partial charge in [-0.2, -0.15) is 0 Å². The van der Waals surface area contributed by atoms with Crippen LogP contribution in [0.5, 0.6) is 11.5 Å². The van der Waals surface area contributed by atoms with Gasteiger partial charge in [-0.25, -0.2) is 9.59 Å². The van der Waals surface area contributed by atoms with Crippen molar-refractivity contribution in [2.24, 2.45) is 0 Å². The molecule has 5 nitrogen and oxygen atoms in total. The molecule has 0 heterocycles. The Bertz CT molecular complexity index is 1010. The predicted molar refractivity (Wildman–Crippen MR) is 123 cm³/mol. The second-order valence-corrected chi connectivity index (χ2v) is 7.51. The highest BCUT2D eigenvalue weighted by molar-refractivity contribution is 5.89. The van der Waals surface area contributed by atoms with Crippen LogP contribution in [0.25, 0.3) is 0 Å². The minimum absolute atomic E-state index is 0.198. The molecule has 0 fully saturated rings. The third kappa shape index (κ3) is 6.71. The number of carbonyl (C=O) groups excluding carboxylic acids is 2. The maximum absolute atomic E-state index is 12.2.